The van der Waals surface area contributed by atoms with Crippen molar-refractivity contribution in [3.63, 3.8) is 0 Å². The van der Waals surface area contributed by atoms with E-state index in [1.54, 1.807) is 13.8 Å². The van der Waals surface area contributed by atoms with Crippen LogP contribution in [0, 0.1) is 30.6 Å². The van der Waals surface area contributed by atoms with Crippen LogP contribution in [0.25, 0.3) is 0 Å². The van der Waals surface area contributed by atoms with Crippen LogP contribution in [0.1, 0.15) is 44.9 Å². The Morgan fingerprint density at radius 2 is 1.82 bits per heavy atom. The number of hydrogen-bond acceptors (Lipinski definition) is 7. The number of fused-ring (bicyclic) bond motifs is 2. The second-order valence-electron chi connectivity index (χ2n) is 9.77. The van der Waals surface area contributed by atoms with E-state index in [-0.39, 0.29) is 35.1 Å². The Labute approximate surface area is 198 Å². The summed E-state index contributed by atoms with van der Waals surface area (Å²) in [6.07, 6.45) is 1.24. The predicted octanol–water partition coefficient (Wildman–Crippen LogP) is 2.84. The molecule has 182 valence electrons. The molecule has 1 aliphatic heterocycles. The van der Waals surface area contributed by atoms with E-state index in [0.29, 0.717) is 29.8 Å². The summed E-state index contributed by atoms with van der Waals surface area (Å²) in [5.41, 5.74) is 0.357. The largest absolute Gasteiger partial charge is 0.337 e. The van der Waals surface area contributed by atoms with E-state index in [4.69, 9.17) is 4.52 Å². The molecule has 0 radical (unpaired) electrons. The highest BCUT2D eigenvalue weighted by molar-refractivity contribution is 7.92. The molecule has 4 rings (SSSR count). The van der Waals surface area contributed by atoms with Crippen molar-refractivity contribution in [1.82, 2.24) is 10.1 Å². The van der Waals surface area contributed by atoms with E-state index in [1.807, 2.05) is 20.8 Å². The smallest absolute Gasteiger partial charge is 0.264 e. The molecule has 2 N–H and O–H groups in total. The average Bonchev–Trinajstić information content (AvgIpc) is 3.17. The molecule has 1 saturated carbocycles. The quantitative estimate of drug-likeness (QED) is 0.596. The predicted molar refractivity (Wildman–Crippen MR) is 123 cm³/mol. The van der Waals surface area contributed by atoms with E-state index in [1.165, 1.54) is 24.3 Å². The molecule has 10 nitrogen and oxygen atoms in total. The maximum Gasteiger partial charge on any atom is 0.264 e. The first-order chi connectivity index (χ1) is 15.8. The Kier molecular flexibility index (Phi) is 5.58. The molecule has 1 aliphatic carbocycles. The lowest BCUT2D eigenvalue weighted by Gasteiger charge is -2.47. The van der Waals surface area contributed by atoms with Crippen LogP contribution in [0.3, 0.4) is 0 Å². The minimum absolute atomic E-state index is 0.0351. The molecule has 1 aromatic carbocycles. The summed E-state index contributed by atoms with van der Waals surface area (Å²) < 4.78 is 32.6. The lowest BCUT2D eigenvalue weighted by atomic mass is 9.62. The minimum Gasteiger partial charge on any atom is -0.337 e. The molecule has 2 heterocycles. The third-order valence-electron chi connectivity index (χ3n) is 7.64. The highest BCUT2D eigenvalue weighted by Gasteiger charge is 2.64. The number of nitrogens with one attached hydrogen (secondary N) is 2. The fourth-order valence-electron chi connectivity index (χ4n) is 4.80. The van der Waals surface area contributed by atoms with Crippen LogP contribution in [0.2, 0.25) is 0 Å². The molecular weight excluding hydrogens is 460 g/mol. The number of hydrogen-bond donors (Lipinski definition) is 2. The molecule has 2 fully saturated rings. The van der Waals surface area contributed by atoms with Gasteiger partial charge in [-0.2, -0.15) is 0 Å². The second-order valence-corrected chi connectivity index (χ2v) is 11.5. The topological polar surface area (TPSA) is 139 Å². The molecule has 0 spiro atoms. The van der Waals surface area contributed by atoms with Gasteiger partial charge >= 0.3 is 0 Å². The number of likely N-dealkylation sites (tertiary alicyclic amines) is 1. The number of aryl methyl sites for hydroxylation is 1. The molecule has 1 aromatic heterocycles. The number of rotatable bonds is 6. The van der Waals surface area contributed by atoms with Crippen molar-refractivity contribution in [3.05, 3.63) is 35.5 Å². The van der Waals surface area contributed by atoms with Gasteiger partial charge in [0.2, 0.25) is 23.6 Å². The third-order valence-corrected chi connectivity index (χ3v) is 8.99. The number of nitrogens with zero attached hydrogens (tertiary/aromatic N) is 2. The summed E-state index contributed by atoms with van der Waals surface area (Å²) in [6, 6.07) is 5.52. The SMILES string of the molecule is Cc1noc(NS(=O)(=O)c2ccc(NC(=O)CN3C(=O)C4CCC(C)(C3=O)C4(C)C)cc2)c1C. The second kappa shape index (κ2) is 7.93. The van der Waals surface area contributed by atoms with Gasteiger partial charge in [0, 0.05) is 17.2 Å². The van der Waals surface area contributed by atoms with E-state index in [2.05, 4.69) is 15.2 Å². The number of carbonyl (C=O) groups excluding carboxylic acids is 3. The average molecular weight is 489 g/mol. The summed E-state index contributed by atoms with van der Waals surface area (Å²) in [7, 11) is -3.92. The van der Waals surface area contributed by atoms with Gasteiger partial charge in [-0.25, -0.2) is 13.1 Å². The zero-order chi connectivity index (χ0) is 25.1. The molecule has 2 aromatic rings. The van der Waals surface area contributed by atoms with Crippen molar-refractivity contribution in [2.24, 2.45) is 16.7 Å². The lowest BCUT2D eigenvalue weighted by molar-refractivity contribution is -0.168. The maximum absolute atomic E-state index is 13.1. The van der Waals surface area contributed by atoms with Gasteiger partial charge in [0.25, 0.3) is 10.0 Å². The van der Waals surface area contributed by atoms with Gasteiger partial charge in [0.05, 0.1) is 16.0 Å². The van der Waals surface area contributed by atoms with Gasteiger partial charge in [-0.05, 0) is 56.4 Å². The van der Waals surface area contributed by atoms with Crippen molar-refractivity contribution in [3.8, 4) is 0 Å². The zero-order valence-electron chi connectivity index (χ0n) is 19.8. The van der Waals surface area contributed by atoms with Gasteiger partial charge in [0.1, 0.15) is 6.54 Å². The number of piperidine rings is 1. The number of benzene rings is 1. The highest BCUT2D eigenvalue weighted by Crippen LogP contribution is 2.59. The third kappa shape index (κ3) is 3.67. The Morgan fingerprint density at radius 1 is 1.18 bits per heavy atom. The van der Waals surface area contributed by atoms with Gasteiger partial charge in [0.15, 0.2) is 0 Å². The van der Waals surface area contributed by atoms with Gasteiger partial charge in [-0.3, -0.25) is 19.3 Å². The fraction of sp³-hybridized carbons (Fsp3) is 0.478. The first-order valence-corrected chi connectivity index (χ1v) is 12.5. The summed E-state index contributed by atoms with van der Waals surface area (Å²) in [5, 5.41) is 6.35. The number of sulfonamides is 1. The lowest BCUT2D eigenvalue weighted by Crippen LogP contribution is -2.60. The molecule has 34 heavy (non-hydrogen) atoms. The summed E-state index contributed by atoms with van der Waals surface area (Å²) in [4.78, 5) is 39.6. The van der Waals surface area contributed by atoms with Crippen LogP contribution in [-0.4, -0.2) is 42.7 Å². The normalized spacial score (nSPS) is 23.8. The molecular formula is C23H28N4O6S. The summed E-state index contributed by atoms with van der Waals surface area (Å²) in [5.74, 6) is -1.43. The van der Waals surface area contributed by atoms with E-state index >= 15 is 0 Å². The molecule has 2 atom stereocenters. The molecule has 11 heteroatoms. The number of aromatic nitrogens is 1. The van der Waals surface area contributed by atoms with Crippen molar-refractivity contribution in [2.75, 3.05) is 16.6 Å². The maximum atomic E-state index is 13.1. The Hall–Kier alpha value is -3.21. The van der Waals surface area contributed by atoms with Crippen LogP contribution in [0.15, 0.2) is 33.7 Å². The number of anilines is 2. The molecule has 3 amide bonds. The standard InChI is InChI=1S/C23H28N4O6S/c1-13-14(2)25-33-19(13)26-34(31,32)16-8-6-15(7-9-16)24-18(28)12-27-20(29)17-10-11-23(5,21(27)30)22(17,3)4/h6-9,17,26H,10-12H2,1-5H3,(H,24,28). The van der Waals surface area contributed by atoms with Crippen LogP contribution < -0.4 is 10.0 Å². The van der Waals surface area contributed by atoms with E-state index < -0.39 is 26.8 Å². The van der Waals surface area contributed by atoms with Crippen molar-refractivity contribution in [1.29, 1.82) is 0 Å². The van der Waals surface area contributed by atoms with Crippen LogP contribution >= 0.6 is 0 Å². The number of amides is 3. The number of carbonyl (C=O) groups is 3. The minimum atomic E-state index is -3.92. The summed E-state index contributed by atoms with van der Waals surface area (Å²) >= 11 is 0. The Bertz CT molecular complexity index is 1280. The zero-order valence-corrected chi connectivity index (χ0v) is 20.6. The Morgan fingerprint density at radius 3 is 2.41 bits per heavy atom. The molecule has 1 saturated heterocycles. The first-order valence-electron chi connectivity index (χ1n) is 11.0. The van der Waals surface area contributed by atoms with Crippen molar-refractivity contribution >= 4 is 39.3 Å². The first kappa shape index (κ1) is 23.9. The summed E-state index contributed by atoms with van der Waals surface area (Å²) in [6.45, 7) is 8.74. The highest BCUT2D eigenvalue weighted by atomic mass is 32.2. The van der Waals surface area contributed by atoms with E-state index in [0.717, 1.165) is 4.90 Å². The van der Waals surface area contributed by atoms with Crippen LogP contribution in [0.4, 0.5) is 11.6 Å². The Balaban J connectivity index is 1.43. The molecule has 2 unspecified atom stereocenters. The van der Waals surface area contributed by atoms with Crippen molar-refractivity contribution in [2.45, 2.75) is 52.4 Å². The monoisotopic (exact) mass is 488 g/mol. The van der Waals surface area contributed by atoms with E-state index in [9.17, 15) is 22.8 Å². The van der Waals surface area contributed by atoms with Gasteiger partial charge < -0.3 is 9.84 Å². The number of imide groups is 1. The van der Waals surface area contributed by atoms with Crippen molar-refractivity contribution < 1.29 is 27.3 Å². The fourth-order valence-corrected chi connectivity index (χ4v) is 5.85. The van der Waals surface area contributed by atoms with Crippen LogP contribution in [0.5, 0.6) is 0 Å². The van der Waals surface area contributed by atoms with Gasteiger partial charge in [-0.15, -0.1) is 0 Å². The molecule has 2 bridgehead atoms. The molecule has 2 aliphatic rings. The van der Waals surface area contributed by atoms with Gasteiger partial charge in [-0.1, -0.05) is 25.9 Å². The van der Waals surface area contributed by atoms with Crippen LogP contribution in [-0.2, 0) is 24.4 Å².